The highest BCUT2D eigenvalue weighted by molar-refractivity contribution is 7.89. The number of aromatic nitrogens is 2. The molecular weight excluding hydrogens is 428 g/mol. The van der Waals surface area contributed by atoms with Crippen LogP contribution in [-0.4, -0.2) is 55.5 Å². The monoisotopic (exact) mass is 456 g/mol. The minimum Gasteiger partial charge on any atom is -0.448 e. The van der Waals surface area contributed by atoms with Crippen LogP contribution in [0, 0.1) is 0 Å². The molecule has 9 heteroatoms. The van der Waals surface area contributed by atoms with Crippen molar-refractivity contribution in [2.45, 2.75) is 30.1 Å². The van der Waals surface area contributed by atoms with Gasteiger partial charge in [0.15, 0.2) is 6.39 Å². The summed E-state index contributed by atoms with van der Waals surface area (Å²) in [6, 6.07) is 7.56. The number of hydrogen-bond acceptors (Lipinski definition) is 7. The molecule has 32 heavy (non-hydrogen) atoms. The third-order valence-electron chi connectivity index (χ3n) is 5.67. The van der Waals surface area contributed by atoms with Crippen molar-refractivity contribution >= 4 is 26.6 Å². The van der Waals surface area contributed by atoms with E-state index in [1.54, 1.807) is 16.6 Å². The summed E-state index contributed by atoms with van der Waals surface area (Å²) in [6.07, 6.45) is 8.43. The van der Waals surface area contributed by atoms with Crippen molar-refractivity contribution in [2.75, 3.05) is 38.2 Å². The van der Waals surface area contributed by atoms with E-state index in [1.807, 2.05) is 24.3 Å². The van der Waals surface area contributed by atoms with Gasteiger partial charge >= 0.3 is 0 Å². The van der Waals surface area contributed by atoms with E-state index in [1.165, 1.54) is 12.6 Å². The Morgan fingerprint density at radius 3 is 2.81 bits per heavy atom. The highest BCUT2D eigenvalue weighted by Crippen LogP contribution is 2.34. The van der Waals surface area contributed by atoms with Gasteiger partial charge in [0.25, 0.3) is 0 Å². The molecule has 0 aliphatic carbocycles. The number of anilines is 1. The van der Waals surface area contributed by atoms with Crippen molar-refractivity contribution in [1.29, 1.82) is 0 Å². The second-order valence-electron chi connectivity index (χ2n) is 7.74. The van der Waals surface area contributed by atoms with E-state index in [2.05, 4.69) is 21.9 Å². The third kappa shape index (κ3) is 4.85. The molecule has 0 unspecified atom stereocenters. The molecule has 1 saturated heterocycles. The molecule has 1 aliphatic heterocycles. The van der Waals surface area contributed by atoms with Crippen LogP contribution in [0.4, 0.5) is 5.69 Å². The van der Waals surface area contributed by atoms with E-state index in [0.29, 0.717) is 51.4 Å². The molecule has 170 valence electrons. The fourth-order valence-electron chi connectivity index (χ4n) is 4.00. The Balaban J connectivity index is 1.54. The number of pyridine rings is 1. The molecule has 8 nitrogen and oxygen atoms in total. The zero-order chi connectivity index (χ0) is 22.4. The average molecular weight is 457 g/mol. The van der Waals surface area contributed by atoms with Crippen LogP contribution in [-0.2, 0) is 14.8 Å². The van der Waals surface area contributed by atoms with Crippen molar-refractivity contribution in [3.05, 3.63) is 61.5 Å². The minimum atomic E-state index is -3.71. The summed E-state index contributed by atoms with van der Waals surface area (Å²) < 4.78 is 39.6. The summed E-state index contributed by atoms with van der Waals surface area (Å²) in [5, 5.41) is 4.12. The van der Waals surface area contributed by atoms with E-state index < -0.39 is 10.0 Å². The zero-order valence-electron chi connectivity index (χ0n) is 17.9. The minimum absolute atomic E-state index is 0.187. The maximum Gasteiger partial charge on any atom is 0.246 e. The third-order valence-corrected chi connectivity index (χ3v) is 7.58. The van der Waals surface area contributed by atoms with Crippen LogP contribution in [0.3, 0.4) is 0 Å². The van der Waals surface area contributed by atoms with Crippen LogP contribution >= 0.6 is 0 Å². The highest BCUT2D eigenvalue weighted by Gasteiger charge is 2.33. The Kier molecular flexibility index (Phi) is 7.19. The predicted octanol–water partition coefficient (Wildman–Crippen LogP) is 3.80. The van der Waals surface area contributed by atoms with Crippen molar-refractivity contribution in [3.8, 4) is 0 Å². The average Bonchev–Trinajstić information content (AvgIpc) is 3.36. The quantitative estimate of drug-likeness (QED) is 0.366. The summed E-state index contributed by atoms with van der Waals surface area (Å²) in [7, 11) is -3.71. The van der Waals surface area contributed by atoms with Crippen molar-refractivity contribution < 1.29 is 17.6 Å². The predicted molar refractivity (Wildman–Crippen MR) is 123 cm³/mol. The molecule has 4 rings (SSSR count). The normalized spacial score (nSPS) is 15.8. The largest absolute Gasteiger partial charge is 0.448 e. The number of benzene rings is 1. The molecule has 1 aromatic carbocycles. The number of fused-ring (bicyclic) bond motifs is 1. The number of piperidine rings is 1. The summed E-state index contributed by atoms with van der Waals surface area (Å²) in [6.45, 7) is 6.14. The van der Waals surface area contributed by atoms with Crippen LogP contribution in [0.1, 0.15) is 30.9 Å². The molecule has 0 amide bonds. The summed E-state index contributed by atoms with van der Waals surface area (Å²) in [4.78, 5) is 8.61. The molecule has 0 radical (unpaired) electrons. The van der Waals surface area contributed by atoms with Crippen LogP contribution in [0.15, 0.2) is 65.0 Å². The van der Waals surface area contributed by atoms with E-state index in [9.17, 15) is 8.42 Å². The van der Waals surface area contributed by atoms with Crippen LogP contribution < -0.4 is 5.32 Å². The Labute approximate surface area is 188 Å². The fourth-order valence-corrected chi connectivity index (χ4v) is 5.60. The second-order valence-corrected chi connectivity index (χ2v) is 9.65. The number of oxazole rings is 1. The molecule has 2 aromatic heterocycles. The van der Waals surface area contributed by atoms with Gasteiger partial charge in [-0.2, -0.15) is 4.31 Å². The van der Waals surface area contributed by atoms with Crippen molar-refractivity contribution in [2.24, 2.45) is 0 Å². The number of sulfonamides is 1. The van der Waals surface area contributed by atoms with Crippen LogP contribution in [0.5, 0.6) is 0 Å². The first-order valence-electron chi connectivity index (χ1n) is 10.8. The van der Waals surface area contributed by atoms with E-state index in [-0.39, 0.29) is 10.8 Å². The Hall–Kier alpha value is -2.75. The molecular formula is C23H28N4O4S. The van der Waals surface area contributed by atoms with Gasteiger partial charge in [-0.1, -0.05) is 24.3 Å². The first kappa shape index (κ1) is 22.4. The lowest BCUT2D eigenvalue weighted by atomic mass is 9.96. The highest BCUT2D eigenvalue weighted by atomic mass is 32.2. The molecule has 3 aromatic rings. The van der Waals surface area contributed by atoms with Gasteiger partial charge in [-0.25, -0.2) is 13.4 Å². The van der Waals surface area contributed by atoms with Gasteiger partial charge in [0.05, 0.1) is 24.0 Å². The standard InChI is InChI=1S/C23H28N4O4S/c1-2-13-30-14-5-10-25-23-19-6-3-4-7-20(19)26-16-22(23)32(28,29)27-11-8-18(9-12-27)21-15-24-17-31-21/h2-4,6-7,15-18H,1,5,8-14H2,(H,25,26). The van der Waals surface area contributed by atoms with Gasteiger partial charge in [-0.3, -0.25) is 4.98 Å². The topological polar surface area (TPSA) is 97.6 Å². The van der Waals surface area contributed by atoms with Gasteiger partial charge in [0.2, 0.25) is 10.0 Å². The molecule has 3 heterocycles. The first-order valence-corrected chi connectivity index (χ1v) is 12.2. The van der Waals surface area contributed by atoms with Gasteiger partial charge in [-0.15, -0.1) is 6.58 Å². The number of ether oxygens (including phenoxy) is 1. The van der Waals surface area contributed by atoms with Crippen LogP contribution in [0.25, 0.3) is 10.9 Å². The Morgan fingerprint density at radius 1 is 1.25 bits per heavy atom. The maximum absolute atomic E-state index is 13.6. The first-order chi connectivity index (χ1) is 15.6. The molecule has 0 saturated carbocycles. The number of hydrogen-bond donors (Lipinski definition) is 1. The Bertz CT molecular complexity index is 1140. The van der Waals surface area contributed by atoms with E-state index in [0.717, 1.165) is 23.1 Å². The molecule has 0 bridgehead atoms. The van der Waals surface area contributed by atoms with Gasteiger partial charge in [0.1, 0.15) is 10.7 Å². The molecule has 1 N–H and O–H groups in total. The number of rotatable bonds is 10. The number of nitrogens with zero attached hydrogens (tertiary/aromatic N) is 3. The van der Waals surface area contributed by atoms with E-state index >= 15 is 0 Å². The van der Waals surface area contributed by atoms with Crippen molar-refractivity contribution in [3.63, 3.8) is 0 Å². The molecule has 0 spiro atoms. The maximum atomic E-state index is 13.6. The molecule has 0 atom stereocenters. The molecule has 1 aliphatic rings. The van der Waals surface area contributed by atoms with Crippen LogP contribution in [0.2, 0.25) is 0 Å². The summed E-state index contributed by atoms with van der Waals surface area (Å²) in [5.74, 6) is 1.00. The van der Waals surface area contributed by atoms with Gasteiger partial charge < -0.3 is 14.5 Å². The summed E-state index contributed by atoms with van der Waals surface area (Å²) in [5.41, 5.74) is 1.34. The SMILES string of the molecule is C=CCOCCCNc1c(S(=O)(=O)N2CCC(c3cnco3)CC2)cnc2ccccc12. The molecule has 1 fully saturated rings. The number of nitrogens with one attached hydrogen (secondary N) is 1. The van der Waals surface area contributed by atoms with Crippen molar-refractivity contribution in [1.82, 2.24) is 14.3 Å². The van der Waals surface area contributed by atoms with Gasteiger partial charge in [0, 0.05) is 43.7 Å². The fraction of sp³-hybridized carbons (Fsp3) is 0.391. The van der Waals surface area contributed by atoms with Gasteiger partial charge in [-0.05, 0) is 25.3 Å². The smallest absolute Gasteiger partial charge is 0.246 e. The van der Waals surface area contributed by atoms with E-state index in [4.69, 9.17) is 9.15 Å². The lowest BCUT2D eigenvalue weighted by Crippen LogP contribution is -2.38. The Morgan fingerprint density at radius 2 is 2.06 bits per heavy atom. The zero-order valence-corrected chi connectivity index (χ0v) is 18.8. The second kappa shape index (κ2) is 10.2. The summed E-state index contributed by atoms with van der Waals surface area (Å²) >= 11 is 0. The number of para-hydroxylation sites is 1. The lowest BCUT2D eigenvalue weighted by molar-refractivity contribution is 0.162. The lowest BCUT2D eigenvalue weighted by Gasteiger charge is -2.30.